The van der Waals surface area contributed by atoms with Crippen molar-refractivity contribution < 1.29 is 15.3 Å². The van der Waals surface area contributed by atoms with E-state index < -0.39 is 17.3 Å². The van der Waals surface area contributed by atoms with E-state index in [2.05, 4.69) is 20.3 Å². The van der Waals surface area contributed by atoms with Crippen LogP contribution in [0.25, 0.3) is 0 Å². The highest BCUT2D eigenvalue weighted by molar-refractivity contribution is 8.17. The summed E-state index contributed by atoms with van der Waals surface area (Å²) < 4.78 is 19.3. The van der Waals surface area contributed by atoms with E-state index >= 15 is 0 Å². The largest absolute Gasteiger partial charge is 0.386 e. The van der Waals surface area contributed by atoms with Crippen molar-refractivity contribution in [2.75, 3.05) is 5.32 Å². The molecule has 1 aromatic carbocycles. The Hall–Kier alpha value is -3.18. The van der Waals surface area contributed by atoms with Gasteiger partial charge in [-0.25, -0.2) is 14.4 Å². The van der Waals surface area contributed by atoms with Crippen LogP contribution in [0.1, 0.15) is 38.2 Å². The first-order valence-electron chi connectivity index (χ1n) is 8.30. The van der Waals surface area contributed by atoms with Crippen LogP contribution in [-0.2, 0) is 5.54 Å². The Bertz CT molecular complexity index is 1010. The van der Waals surface area contributed by atoms with Gasteiger partial charge in [-0.1, -0.05) is 18.2 Å². The van der Waals surface area contributed by atoms with Gasteiger partial charge in [0, 0.05) is 12.7 Å². The monoisotopic (exact) mass is 398 g/mol. The van der Waals surface area contributed by atoms with Gasteiger partial charge in [0.1, 0.15) is 23.2 Å². The van der Waals surface area contributed by atoms with Gasteiger partial charge in [-0.3, -0.25) is 9.79 Å². The number of allylic oxidation sites excluding steroid dienone is 1. The van der Waals surface area contributed by atoms with E-state index in [1.165, 1.54) is 24.5 Å². The number of rotatable bonds is 4. The summed E-state index contributed by atoms with van der Waals surface area (Å²) in [5.74, 6) is -0.779. The highest BCUT2D eigenvalue weighted by Gasteiger charge is 2.30. The molecule has 144 valence electrons. The molecular formula is C20H19FN4O2S. The Kier molecular flexibility index (Phi) is 5.47. The summed E-state index contributed by atoms with van der Waals surface area (Å²) in [6, 6.07) is 4.36. The zero-order valence-electron chi connectivity index (χ0n) is 15.5. The first-order chi connectivity index (χ1) is 13.3. The second-order valence-corrected chi connectivity index (χ2v) is 7.68. The van der Waals surface area contributed by atoms with Crippen LogP contribution in [0.2, 0.25) is 0 Å². The number of amides is 1. The molecule has 1 N–H and O–H groups in total. The van der Waals surface area contributed by atoms with E-state index in [9.17, 15) is 9.18 Å². The van der Waals surface area contributed by atoms with E-state index in [0.29, 0.717) is 11.3 Å². The van der Waals surface area contributed by atoms with Gasteiger partial charge in [-0.05, 0) is 50.0 Å². The van der Waals surface area contributed by atoms with Crippen molar-refractivity contribution in [2.24, 2.45) is 4.99 Å². The maximum absolute atomic E-state index is 14.6. The Morgan fingerprint density at radius 1 is 1.36 bits per heavy atom. The van der Waals surface area contributed by atoms with Crippen molar-refractivity contribution in [2.45, 2.75) is 26.3 Å². The molecule has 1 aromatic heterocycles. The first kappa shape index (κ1) is 19.6. The van der Waals surface area contributed by atoms with Crippen molar-refractivity contribution in [3.8, 4) is 18.4 Å². The number of terminal acetylenes is 1. The average molecular weight is 398 g/mol. The van der Waals surface area contributed by atoms with Gasteiger partial charge in [0.25, 0.3) is 5.91 Å². The second-order valence-electron chi connectivity index (χ2n) is 6.24. The molecular weight excluding hydrogens is 379 g/mol. The SMILES string of the molecule is C#COc1cnc(C(=O)Nc2ccc(F)c(C3(C)C=C(C)SC(C)=N3)c2)cn1.[HH]. The third-order valence-corrected chi connectivity index (χ3v) is 4.80. The van der Waals surface area contributed by atoms with Crippen molar-refractivity contribution >= 4 is 28.4 Å². The topological polar surface area (TPSA) is 76.5 Å². The number of nitrogens with zero attached hydrogens (tertiary/aromatic N) is 3. The van der Waals surface area contributed by atoms with Crippen LogP contribution in [0.3, 0.4) is 0 Å². The smallest absolute Gasteiger partial charge is 0.275 e. The summed E-state index contributed by atoms with van der Waals surface area (Å²) in [5.41, 5.74) is 0.0110. The van der Waals surface area contributed by atoms with E-state index in [1.807, 2.05) is 33.0 Å². The maximum atomic E-state index is 14.6. The lowest BCUT2D eigenvalue weighted by Gasteiger charge is -2.28. The molecule has 0 fully saturated rings. The Labute approximate surface area is 167 Å². The number of ether oxygens (including phenoxy) is 1. The molecule has 1 atom stereocenters. The number of hydrogen-bond acceptors (Lipinski definition) is 6. The summed E-state index contributed by atoms with van der Waals surface area (Å²) in [4.78, 5) is 25.9. The second kappa shape index (κ2) is 7.82. The Balaban J connectivity index is 0.00000300. The molecule has 1 unspecified atom stereocenters. The molecule has 3 rings (SSSR count). The lowest BCUT2D eigenvalue weighted by molar-refractivity contribution is 0.102. The summed E-state index contributed by atoms with van der Waals surface area (Å²) in [5, 5.41) is 3.54. The molecule has 8 heteroatoms. The molecule has 0 saturated heterocycles. The number of aromatic nitrogens is 2. The van der Waals surface area contributed by atoms with E-state index in [0.717, 1.165) is 9.95 Å². The fraction of sp³-hybridized carbons (Fsp3) is 0.200. The lowest BCUT2D eigenvalue weighted by atomic mass is 9.91. The summed E-state index contributed by atoms with van der Waals surface area (Å²) in [6.45, 7) is 5.67. The number of carbonyl (C=O) groups excluding carboxylic acids is 1. The highest BCUT2D eigenvalue weighted by Crippen LogP contribution is 2.38. The number of nitrogens with one attached hydrogen (secondary N) is 1. The fourth-order valence-electron chi connectivity index (χ4n) is 2.91. The lowest BCUT2D eigenvalue weighted by Crippen LogP contribution is -2.23. The average Bonchev–Trinajstić information content (AvgIpc) is 2.63. The van der Waals surface area contributed by atoms with E-state index in [1.54, 1.807) is 17.8 Å². The molecule has 0 radical (unpaired) electrons. The van der Waals surface area contributed by atoms with Crippen LogP contribution < -0.4 is 10.1 Å². The summed E-state index contributed by atoms with van der Waals surface area (Å²) >= 11 is 1.54. The molecule has 0 saturated carbocycles. The number of benzene rings is 1. The number of carbonyl (C=O) groups is 1. The van der Waals surface area contributed by atoms with Gasteiger partial charge >= 0.3 is 0 Å². The predicted octanol–water partition coefficient (Wildman–Crippen LogP) is 4.37. The van der Waals surface area contributed by atoms with Gasteiger partial charge < -0.3 is 10.1 Å². The number of halogens is 1. The summed E-state index contributed by atoms with van der Waals surface area (Å²) in [6.07, 6.45) is 11.4. The standard InChI is InChI=1S/C20H17FN4O2S.H2/c1-5-27-18-11-22-17(10-23-18)19(26)24-14-6-7-16(21)15(8-14)20(4)9-12(2)28-13(3)25-20;/h1,6-11H,2-4H3,(H,24,26);1H. The third kappa shape index (κ3) is 4.21. The minimum Gasteiger partial charge on any atom is -0.386 e. The molecule has 6 nitrogen and oxygen atoms in total. The van der Waals surface area contributed by atoms with Gasteiger partial charge in [0.15, 0.2) is 0 Å². The zero-order valence-corrected chi connectivity index (χ0v) is 16.3. The van der Waals surface area contributed by atoms with Crippen LogP contribution in [0.4, 0.5) is 10.1 Å². The summed E-state index contributed by atoms with van der Waals surface area (Å²) in [7, 11) is 0. The predicted molar refractivity (Wildman–Crippen MR) is 110 cm³/mol. The third-order valence-electron chi connectivity index (χ3n) is 3.98. The van der Waals surface area contributed by atoms with Crippen LogP contribution in [0.15, 0.2) is 46.6 Å². The van der Waals surface area contributed by atoms with E-state index in [-0.39, 0.29) is 13.0 Å². The zero-order chi connectivity index (χ0) is 20.3. The van der Waals surface area contributed by atoms with Crippen LogP contribution in [0.5, 0.6) is 5.88 Å². The minimum absolute atomic E-state index is 0. The van der Waals surface area contributed by atoms with Gasteiger partial charge in [0.05, 0.1) is 17.4 Å². The molecule has 1 amide bonds. The Morgan fingerprint density at radius 2 is 2.14 bits per heavy atom. The molecule has 0 bridgehead atoms. The van der Waals surface area contributed by atoms with Crippen LogP contribution in [0, 0.1) is 18.3 Å². The quantitative estimate of drug-likeness (QED) is 0.774. The maximum Gasteiger partial charge on any atom is 0.275 e. The Morgan fingerprint density at radius 3 is 2.79 bits per heavy atom. The van der Waals surface area contributed by atoms with Gasteiger partial charge in [-0.15, -0.1) is 0 Å². The molecule has 1 aliphatic heterocycles. The number of aliphatic imine (C=N–C) groups is 1. The van der Waals surface area contributed by atoms with Crippen molar-refractivity contribution in [1.82, 2.24) is 9.97 Å². The molecule has 2 heterocycles. The molecule has 1 aliphatic rings. The number of thioether (sulfide) groups is 1. The van der Waals surface area contributed by atoms with Crippen molar-refractivity contribution in [3.05, 3.63) is 58.6 Å². The van der Waals surface area contributed by atoms with Gasteiger partial charge in [-0.2, -0.15) is 0 Å². The van der Waals surface area contributed by atoms with Gasteiger partial charge in [0.2, 0.25) is 5.88 Å². The van der Waals surface area contributed by atoms with Crippen molar-refractivity contribution in [3.63, 3.8) is 0 Å². The number of hydrogen-bond donors (Lipinski definition) is 1. The van der Waals surface area contributed by atoms with E-state index in [4.69, 9.17) is 11.2 Å². The number of anilines is 1. The molecule has 0 aliphatic carbocycles. The minimum atomic E-state index is -0.849. The highest BCUT2D eigenvalue weighted by atomic mass is 32.2. The van der Waals surface area contributed by atoms with Crippen LogP contribution in [-0.4, -0.2) is 20.9 Å². The molecule has 0 spiro atoms. The first-order valence-corrected chi connectivity index (χ1v) is 9.12. The normalized spacial score (nSPS) is 18.5. The van der Waals surface area contributed by atoms with Crippen LogP contribution >= 0.6 is 11.8 Å². The fourth-order valence-corrected chi connectivity index (χ4v) is 3.90. The molecule has 28 heavy (non-hydrogen) atoms. The van der Waals surface area contributed by atoms with Crippen molar-refractivity contribution in [1.29, 1.82) is 0 Å². The molecule has 2 aromatic rings.